The van der Waals surface area contributed by atoms with Gasteiger partial charge in [0.05, 0.1) is 24.0 Å². The largest absolute Gasteiger partial charge is 0.457 e. The summed E-state index contributed by atoms with van der Waals surface area (Å²) in [6.07, 6.45) is -2.83. The average Bonchev–Trinajstić information content (AvgIpc) is 3.24. The van der Waals surface area contributed by atoms with Crippen LogP contribution in [-0.4, -0.2) is 41.7 Å². The first-order chi connectivity index (χ1) is 18.4. The molecule has 0 amide bonds. The number of ether oxygens (including phenoxy) is 1. The standard InChI is InChI=1S/C25H19ClF4N6O3/c1-13(17-9-16(27)12-33-24(17)26)39-22(38)10-19-23(34-35-36(19)2)18-4-3-15(11-32-18)20(37)7-14-5-6-31-21(8-14)25(28,29)30/h3-6,8-9,11-13H,7,10H2,1-2H3/t13-/m1/s1. The highest BCUT2D eigenvalue weighted by Gasteiger charge is 2.32. The van der Waals surface area contributed by atoms with E-state index in [1.165, 1.54) is 36.0 Å². The molecule has 4 heterocycles. The summed E-state index contributed by atoms with van der Waals surface area (Å²) in [5, 5.41) is 7.97. The van der Waals surface area contributed by atoms with Crippen molar-refractivity contribution in [2.45, 2.75) is 32.0 Å². The maximum absolute atomic E-state index is 13.5. The molecule has 202 valence electrons. The molecular weight excluding hydrogens is 544 g/mol. The van der Waals surface area contributed by atoms with Crippen LogP contribution in [-0.2, 0) is 35.6 Å². The van der Waals surface area contributed by atoms with Gasteiger partial charge in [0, 0.05) is 37.0 Å². The van der Waals surface area contributed by atoms with Crippen LogP contribution < -0.4 is 0 Å². The predicted molar refractivity (Wildman–Crippen MR) is 129 cm³/mol. The highest BCUT2D eigenvalue weighted by Crippen LogP contribution is 2.28. The number of nitrogens with zero attached hydrogens (tertiary/aromatic N) is 6. The van der Waals surface area contributed by atoms with Gasteiger partial charge in [-0.3, -0.25) is 24.2 Å². The highest BCUT2D eigenvalue weighted by atomic mass is 35.5. The summed E-state index contributed by atoms with van der Waals surface area (Å²) in [7, 11) is 1.57. The number of halogens is 5. The third-order valence-corrected chi connectivity index (χ3v) is 5.96. The van der Waals surface area contributed by atoms with Crippen molar-refractivity contribution in [1.29, 1.82) is 0 Å². The fraction of sp³-hybridized carbons (Fsp3) is 0.240. The van der Waals surface area contributed by atoms with Crippen LogP contribution in [0.15, 0.2) is 48.9 Å². The molecule has 9 nitrogen and oxygen atoms in total. The second-order valence-corrected chi connectivity index (χ2v) is 8.79. The van der Waals surface area contributed by atoms with Crippen molar-refractivity contribution in [2.24, 2.45) is 7.05 Å². The van der Waals surface area contributed by atoms with E-state index in [1.807, 2.05) is 0 Å². The van der Waals surface area contributed by atoms with E-state index in [1.54, 1.807) is 7.05 Å². The Bertz CT molecular complexity index is 1530. The molecule has 4 aromatic rings. The Morgan fingerprint density at radius 2 is 1.85 bits per heavy atom. The Morgan fingerprint density at radius 1 is 1.08 bits per heavy atom. The third kappa shape index (κ3) is 6.60. The molecule has 14 heteroatoms. The number of esters is 1. The number of pyridine rings is 3. The van der Waals surface area contributed by atoms with Crippen molar-refractivity contribution in [3.8, 4) is 11.4 Å². The van der Waals surface area contributed by atoms with E-state index in [-0.39, 0.29) is 40.4 Å². The number of alkyl halides is 3. The fourth-order valence-corrected chi connectivity index (χ4v) is 3.92. The van der Waals surface area contributed by atoms with E-state index in [4.69, 9.17) is 16.3 Å². The molecule has 0 aliphatic heterocycles. The molecule has 0 saturated heterocycles. The topological polar surface area (TPSA) is 113 Å². The van der Waals surface area contributed by atoms with E-state index >= 15 is 0 Å². The van der Waals surface area contributed by atoms with Gasteiger partial charge in [-0.1, -0.05) is 16.8 Å². The number of carbonyl (C=O) groups is 2. The summed E-state index contributed by atoms with van der Waals surface area (Å²) in [6.45, 7) is 1.52. The van der Waals surface area contributed by atoms with Crippen molar-refractivity contribution >= 4 is 23.4 Å². The number of Topliss-reactive ketones (excluding diaryl/α,β-unsaturated/α-hetero) is 1. The second kappa shape index (κ2) is 11.2. The van der Waals surface area contributed by atoms with Crippen molar-refractivity contribution in [3.63, 3.8) is 0 Å². The molecule has 0 saturated carbocycles. The van der Waals surface area contributed by atoms with Gasteiger partial charge in [-0.2, -0.15) is 13.2 Å². The quantitative estimate of drug-likeness (QED) is 0.131. The maximum Gasteiger partial charge on any atom is 0.433 e. The first kappa shape index (κ1) is 27.8. The Labute approximate surface area is 223 Å². The van der Waals surface area contributed by atoms with E-state index in [0.717, 1.165) is 24.5 Å². The summed E-state index contributed by atoms with van der Waals surface area (Å²) in [6, 6.07) is 6.22. The summed E-state index contributed by atoms with van der Waals surface area (Å²) in [4.78, 5) is 36.5. The van der Waals surface area contributed by atoms with E-state index in [2.05, 4.69) is 25.3 Å². The smallest absolute Gasteiger partial charge is 0.433 e. The zero-order valence-electron chi connectivity index (χ0n) is 20.4. The minimum absolute atomic E-state index is 0.00292. The lowest BCUT2D eigenvalue weighted by molar-refractivity contribution is -0.148. The van der Waals surface area contributed by atoms with E-state index in [0.29, 0.717) is 11.4 Å². The Hall–Kier alpha value is -4.26. The number of ketones is 1. The van der Waals surface area contributed by atoms with Crippen LogP contribution in [0.3, 0.4) is 0 Å². The monoisotopic (exact) mass is 562 g/mol. The Kier molecular flexibility index (Phi) is 8.00. The van der Waals surface area contributed by atoms with Gasteiger partial charge in [0.2, 0.25) is 0 Å². The molecule has 4 aromatic heterocycles. The van der Waals surface area contributed by atoms with Crippen molar-refractivity contribution in [3.05, 3.63) is 88.0 Å². The minimum Gasteiger partial charge on any atom is -0.457 e. The van der Waals surface area contributed by atoms with Gasteiger partial charge in [0.1, 0.15) is 28.5 Å². The molecule has 0 fully saturated rings. The van der Waals surface area contributed by atoms with Gasteiger partial charge in [-0.15, -0.1) is 5.10 Å². The molecule has 4 rings (SSSR count). The Balaban J connectivity index is 1.46. The van der Waals surface area contributed by atoms with Crippen LogP contribution in [0.2, 0.25) is 5.15 Å². The number of hydrogen-bond donors (Lipinski definition) is 0. The van der Waals surface area contributed by atoms with Gasteiger partial charge in [-0.25, -0.2) is 9.37 Å². The van der Waals surface area contributed by atoms with Gasteiger partial charge in [-0.05, 0) is 42.8 Å². The zero-order valence-corrected chi connectivity index (χ0v) is 21.2. The van der Waals surface area contributed by atoms with Crippen LogP contribution in [0.25, 0.3) is 11.4 Å². The molecular formula is C25H19ClF4N6O3. The lowest BCUT2D eigenvalue weighted by Gasteiger charge is -2.15. The zero-order chi connectivity index (χ0) is 28.3. The summed E-state index contributed by atoms with van der Waals surface area (Å²) in [5.41, 5.74) is 0.371. The number of carbonyl (C=O) groups excluding carboxylic acids is 2. The average molecular weight is 563 g/mol. The van der Waals surface area contributed by atoms with Crippen LogP contribution in [0, 0.1) is 5.82 Å². The number of rotatable bonds is 8. The molecule has 0 aliphatic carbocycles. The summed E-state index contributed by atoms with van der Waals surface area (Å²) in [5.74, 6) is -1.75. The molecule has 0 unspecified atom stereocenters. The number of aromatic nitrogens is 6. The van der Waals surface area contributed by atoms with Gasteiger partial charge < -0.3 is 4.74 Å². The third-order valence-electron chi connectivity index (χ3n) is 5.64. The normalized spacial score (nSPS) is 12.3. The second-order valence-electron chi connectivity index (χ2n) is 8.43. The lowest BCUT2D eigenvalue weighted by atomic mass is 10.0. The first-order valence-electron chi connectivity index (χ1n) is 11.3. The van der Waals surface area contributed by atoms with Crippen LogP contribution in [0.4, 0.5) is 17.6 Å². The fourth-order valence-electron chi connectivity index (χ4n) is 3.66. The summed E-state index contributed by atoms with van der Waals surface area (Å²) < 4.78 is 59.0. The number of hydrogen-bond acceptors (Lipinski definition) is 8. The molecule has 0 aromatic carbocycles. The molecule has 1 atom stereocenters. The SMILES string of the molecule is C[C@@H](OC(=O)Cc1c(-c2ccc(C(=O)Cc3ccnc(C(F)(F)F)c3)cn2)nnn1C)c1cc(F)cnc1Cl. The highest BCUT2D eigenvalue weighted by molar-refractivity contribution is 6.30. The molecule has 39 heavy (non-hydrogen) atoms. The summed E-state index contributed by atoms with van der Waals surface area (Å²) >= 11 is 5.98. The van der Waals surface area contributed by atoms with E-state index in [9.17, 15) is 27.2 Å². The minimum atomic E-state index is -4.62. The molecule has 0 bridgehead atoms. The van der Waals surface area contributed by atoms with Crippen LogP contribution in [0.5, 0.6) is 0 Å². The molecule has 0 N–H and O–H groups in total. The maximum atomic E-state index is 13.5. The van der Waals surface area contributed by atoms with E-state index < -0.39 is 35.5 Å². The van der Waals surface area contributed by atoms with Crippen molar-refractivity contribution < 1.29 is 31.9 Å². The Morgan fingerprint density at radius 3 is 2.54 bits per heavy atom. The lowest BCUT2D eigenvalue weighted by Crippen LogP contribution is -2.15. The van der Waals surface area contributed by atoms with Gasteiger partial charge in [0.15, 0.2) is 5.78 Å². The van der Waals surface area contributed by atoms with Gasteiger partial charge in [0.25, 0.3) is 0 Å². The molecule has 0 radical (unpaired) electrons. The van der Waals surface area contributed by atoms with Crippen molar-refractivity contribution in [2.75, 3.05) is 0 Å². The van der Waals surface area contributed by atoms with Crippen LogP contribution >= 0.6 is 11.6 Å². The van der Waals surface area contributed by atoms with Crippen molar-refractivity contribution in [1.82, 2.24) is 29.9 Å². The molecule has 0 aliphatic rings. The molecule has 0 spiro atoms. The predicted octanol–water partition coefficient (Wildman–Crippen LogP) is 4.75. The number of aryl methyl sites for hydroxylation is 1. The van der Waals surface area contributed by atoms with Crippen LogP contribution in [0.1, 0.15) is 45.9 Å². The first-order valence-corrected chi connectivity index (χ1v) is 11.7. The van der Waals surface area contributed by atoms with Gasteiger partial charge >= 0.3 is 12.1 Å².